The van der Waals surface area contributed by atoms with Crippen molar-refractivity contribution in [2.24, 2.45) is 7.05 Å². The van der Waals surface area contributed by atoms with Crippen LogP contribution < -0.4 is 63.9 Å². The quantitative estimate of drug-likeness (QED) is 0.564. The maximum atomic E-state index is 7.21. The number of aryl methyl sites for hydroxylation is 1. The molecule has 3 N–H and O–H groups in total. The van der Waals surface area contributed by atoms with Crippen molar-refractivity contribution in [1.82, 2.24) is 19.5 Å². The summed E-state index contributed by atoms with van der Waals surface area (Å²) in [4.78, 5) is 11.5. The van der Waals surface area contributed by atoms with Crippen LogP contribution in [-0.4, -0.2) is 19.5 Å². The summed E-state index contributed by atoms with van der Waals surface area (Å²) in [5.41, 5.74) is 13.9. The van der Waals surface area contributed by atoms with Crippen molar-refractivity contribution < 1.29 is 58.2 Å². The molecule has 13 heavy (non-hydrogen) atoms. The second-order valence-electron chi connectivity index (χ2n) is 2.46. The number of aromatic nitrogens is 4. The molecule has 0 unspecified atom stereocenters. The first kappa shape index (κ1) is 11.0. The van der Waals surface area contributed by atoms with Crippen LogP contribution in [0.25, 0.3) is 16.9 Å². The van der Waals surface area contributed by atoms with Gasteiger partial charge in [-0.3, -0.25) is 0 Å². The third kappa shape index (κ3) is 1.90. The zero-order valence-corrected chi connectivity index (χ0v) is 12.4. The van der Waals surface area contributed by atoms with Crippen molar-refractivity contribution in [2.75, 3.05) is 5.73 Å². The summed E-state index contributed by atoms with van der Waals surface area (Å²) in [5.74, 6) is 0.175. The standard InChI is InChI=1S/C6H7N6.Rb/c1-12-2-9-3-4(7)10-6(8)11-5(3)12;/h2H,1H3,(H3-,7,8,10,11);/q-1;+1. The molecule has 0 fully saturated rings. The Kier molecular flexibility index (Phi) is 3.39. The van der Waals surface area contributed by atoms with Crippen LogP contribution in [0.4, 0.5) is 11.8 Å². The molecule has 0 aliphatic carbocycles. The first-order valence-electron chi connectivity index (χ1n) is 3.34. The minimum atomic E-state index is -0.0800. The Morgan fingerprint density at radius 1 is 1.46 bits per heavy atom. The number of nitrogens with zero attached hydrogens (tertiary/aromatic N) is 4. The molecule has 0 aliphatic rings. The van der Waals surface area contributed by atoms with E-state index < -0.39 is 0 Å². The van der Waals surface area contributed by atoms with Crippen molar-refractivity contribution in [2.45, 2.75) is 0 Å². The normalized spacial score (nSPS) is 9.92. The zero-order valence-electron chi connectivity index (χ0n) is 7.44. The van der Waals surface area contributed by atoms with E-state index in [4.69, 9.17) is 11.5 Å². The van der Waals surface area contributed by atoms with Crippen LogP contribution in [0, 0.1) is 0 Å². The van der Waals surface area contributed by atoms with Gasteiger partial charge < -0.3 is 26.0 Å². The summed E-state index contributed by atoms with van der Waals surface area (Å²) < 4.78 is 1.70. The van der Waals surface area contributed by atoms with Gasteiger partial charge in [0.05, 0.1) is 17.8 Å². The van der Waals surface area contributed by atoms with Crippen molar-refractivity contribution in [3.05, 3.63) is 12.1 Å². The Bertz CT molecular complexity index is 436. The Morgan fingerprint density at radius 3 is 2.85 bits per heavy atom. The molecule has 0 saturated heterocycles. The average molecular weight is 249 g/mol. The summed E-state index contributed by atoms with van der Waals surface area (Å²) in [6.45, 7) is 0. The fraction of sp³-hybridized carbons (Fsp3) is 0.167. The molecule has 2 heterocycles. The predicted molar refractivity (Wildman–Crippen MR) is 44.7 cm³/mol. The molecule has 0 aliphatic heterocycles. The zero-order chi connectivity index (χ0) is 8.72. The Morgan fingerprint density at radius 2 is 2.15 bits per heavy atom. The van der Waals surface area contributed by atoms with Gasteiger partial charge in [-0.2, -0.15) is 0 Å². The molecule has 7 heteroatoms. The van der Waals surface area contributed by atoms with Gasteiger partial charge in [-0.25, -0.2) is 4.98 Å². The predicted octanol–water partition coefficient (Wildman–Crippen LogP) is -2.37. The third-order valence-electron chi connectivity index (χ3n) is 1.59. The summed E-state index contributed by atoms with van der Waals surface area (Å²) in [7, 11) is 1.79. The van der Waals surface area contributed by atoms with Gasteiger partial charge in [0.2, 0.25) is 0 Å². The number of anilines is 1. The van der Waals surface area contributed by atoms with E-state index in [9.17, 15) is 0 Å². The van der Waals surface area contributed by atoms with Gasteiger partial charge in [-0.05, 0) is 0 Å². The number of hydrogen-bond acceptors (Lipinski definition) is 4. The van der Waals surface area contributed by atoms with E-state index >= 15 is 0 Å². The molecule has 62 valence electrons. The molecule has 2 aromatic rings. The van der Waals surface area contributed by atoms with Crippen LogP contribution in [0.5, 0.6) is 0 Å². The number of nitrogens with two attached hydrogens (primary N) is 1. The molecule has 0 amide bonds. The Hall–Kier alpha value is -0.0448. The van der Waals surface area contributed by atoms with E-state index in [2.05, 4.69) is 15.0 Å². The van der Waals surface area contributed by atoms with Gasteiger partial charge in [0.15, 0.2) is 0 Å². The number of nitrogens with one attached hydrogen (secondary N) is 1. The van der Waals surface area contributed by atoms with Gasteiger partial charge in [0.25, 0.3) is 0 Å². The summed E-state index contributed by atoms with van der Waals surface area (Å²) in [6.07, 6.45) is 1.59. The van der Waals surface area contributed by atoms with E-state index in [-0.39, 0.29) is 70.0 Å². The van der Waals surface area contributed by atoms with Gasteiger partial charge in [0.1, 0.15) is 5.52 Å². The molecule has 0 bridgehead atoms. The molecular weight excluding hydrogens is 242 g/mol. The minimum Gasteiger partial charge on any atom is -0.410 e. The average Bonchev–Trinajstić information content (AvgIpc) is 2.33. The second-order valence-corrected chi connectivity index (χ2v) is 2.46. The Balaban J connectivity index is 0.000000845. The first-order chi connectivity index (χ1) is 5.68. The second kappa shape index (κ2) is 3.99. The van der Waals surface area contributed by atoms with Crippen LogP contribution in [0.2, 0.25) is 0 Å². The SMILES string of the molecule is Cn1cnc2c(N)nc([NH-])nc21.[Rb+]. The molecular formula is C6H7N6Rb. The fourth-order valence-electron chi connectivity index (χ4n) is 1.03. The smallest absolute Gasteiger partial charge is 0.410 e. The fourth-order valence-corrected chi connectivity index (χ4v) is 1.03. The van der Waals surface area contributed by atoms with E-state index in [1.165, 1.54) is 0 Å². The third-order valence-corrected chi connectivity index (χ3v) is 1.59. The van der Waals surface area contributed by atoms with Gasteiger partial charge in [-0.15, -0.1) is 0 Å². The maximum absolute atomic E-state index is 7.21. The van der Waals surface area contributed by atoms with Gasteiger partial charge in [0, 0.05) is 13.0 Å². The van der Waals surface area contributed by atoms with Crippen LogP contribution >= 0.6 is 0 Å². The molecule has 0 spiro atoms. The van der Waals surface area contributed by atoms with Crippen LogP contribution in [-0.2, 0) is 7.05 Å². The molecule has 2 aromatic heterocycles. The van der Waals surface area contributed by atoms with Crippen LogP contribution in [0.15, 0.2) is 6.33 Å². The number of hydrogen-bond donors (Lipinski definition) is 1. The summed E-state index contributed by atoms with van der Waals surface area (Å²) in [6, 6.07) is 0. The van der Waals surface area contributed by atoms with Gasteiger partial charge >= 0.3 is 58.2 Å². The Labute approximate surface area is 124 Å². The number of rotatable bonds is 0. The molecule has 6 nitrogen and oxygen atoms in total. The van der Waals surface area contributed by atoms with Crippen molar-refractivity contribution >= 4 is 22.9 Å². The monoisotopic (exact) mass is 248 g/mol. The first-order valence-corrected chi connectivity index (χ1v) is 3.34. The largest absolute Gasteiger partial charge is 1.00 e. The van der Waals surface area contributed by atoms with E-state index in [0.29, 0.717) is 11.2 Å². The number of nitrogen functional groups attached to an aromatic ring is 1. The van der Waals surface area contributed by atoms with Gasteiger partial charge in [-0.1, -0.05) is 0 Å². The van der Waals surface area contributed by atoms with Crippen molar-refractivity contribution in [3.63, 3.8) is 0 Å². The van der Waals surface area contributed by atoms with E-state index in [0.717, 1.165) is 0 Å². The topological polar surface area (TPSA) is 93.4 Å². The molecule has 0 saturated carbocycles. The summed E-state index contributed by atoms with van der Waals surface area (Å²) in [5, 5.41) is 0. The molecule has 0 aromatic carbocycles. The van der Waals surface area contributed by atoms with Crippen molar-refractivity contribution in [1.29, 1.82) is 0 Å². The van der Waals surface area contributed by atoms with Crippen LogP contribution in [0.1, 0.15) is 0 Å². The minimum absolute atomic E-state index is 0. The van der Waals surface area contributed by atoms with E-state index in [1.807, 2.05) is 0 Å². The summed E-state index contributed by atoms with van der Waals surface area (Å²) >= 11 is 0. The number of imidazole rings is 1. The van der Waals surface area contributed by atoms with Crippen molar-refractivity contribution in [3.8, 4) is 0 Å². The molecule has 0 radical (unpaired) electrons. The molecule has 2 rings (SSSR count). The van der Waals surface area contributed by atoms with Crippen LogP contribution in [0.3, 0.4) is 0 Å². The van der Waals surface area contributed by atoms with E-state index in [1.54, 1.807) is 17.9 Å². The maximum Gasteiger partial charge on any atom is 1.00 e. The number of fused-ring (bicyclic) bond motifs is 1. The molecule has 0 atom stereocenters.